The second-order valence-electron chi connectivity index (χ2n) is 8.72. The zero-order valence-corrected chi connectivity index (χ0v) is 17.0. The third-order valence-corrected chi connectivity index (χ3v) is 6.94. The summed E-state index contributed by atoms with van der Waals surface area (Å²) in [5, 5.41) is 0. The van der Waals surface area contributed by atoms with Gasteiger partial charge in [0.1, 0.15) is 0 Å². The minimum Gasteiger partial charge on any atom is -0.325 e. The van der Waals surface area contributed by atoms with Crippen LogP contribution in [-0.2, 0) is 13.2 Å². The van der Waals surface area contributed by atoms with Crippen LogP contribution in [0.4, 0.5) is 5.95 Å². The minimum absolute atomic E-state index is 0.649. The maximum Gasteiger partial charge on any atom is 0.209 e. The molecule has 4 nitrogen and oxygen atoms in total. The molecular weight excluding hydrogens is 344 g/mol. The van der Waals surface area contributed by atoms with Gasteiger partial charge in [-0.2, -0.15) is 0 Å². The van der Waals surface area contributed by atoms with E-state index in [-0.39, 0.29) is 0 Å². The lowest BCUT2D eigenvalue weighted by atomic mass is 9.77. The van der Waals surface area contributed by atoms with Gasteiger partial charge in [0.25, 0.3) is 0 Å². The van der Waals surface area contributed by atoms with Gasteiger partial charge in [-0.3, -0.25) is 9.47 Å². The lowest BCUT2D eigenvalue weighted by molar-refractivity contribution is 0.0489. The molecule has 0 spiro atoms. The average Bonchev–Trinajstić information content (AvgIpc) is 3.10. The molecule has 3 atom stereocenters. The number of anilines is 1. The molecule has 146 valence electrons. The van der Waals surface area contributed by atoms with E-state index >= 15 is 0 Å². The molecule has 0 radical (unpaired) electrons. The van der Waals surface area contributed by atoms with Gasteiger partial charge in [0.05, 0.1) is 24.4 Å². The summed E-state index contributed by atoms with van der Waals surface area (Å²) in [7, 11) is 0. The first kappa shape index (κ1) is 17.7. The van der Waals surface area contributed by atoms with E-state index in [9.17, 15) is 0 Å². The molecule has 1 fully saturated rings. The van der Waals surface area contributed by atoms with Crippen LogP contribution >= 0.6 is 0 Å². The Hall–Kier alpha value is -2.33. The van der Waals surface area contributed by atoms with Crippen LogP contribution in [-0.4, -0.2) is 27.2 Å². The summed E-state index contributed by atoms with van der Waals surface area (Å²) >= 11 is 0. The molecule has 28 heavy (non-hydrogen) atoms. The molecule has 1 aliphatic heterocycles. The molecule has 1 saturated carbocycles. The van der Waals surface area contributed by atoms with Crippen molar-refractivity contribution in [3.05, 3.63) is 60.2 Å². The highest BCUT2D eigenvalue weighted by atomic mass is 15.5. The summed E-state index contributed by atoms with van der Waals surface area (Å²) < 4.78 is 2.42. The molecule has 5 rings (SSSR count). The molecule has 3 unspecified atom stereocenters. The summed E-state index contributed by atoms with van der Waals surface area (Å²) in [5.74, 6) is 2.66. The first-order chi connectivity index (χ1) is 13.7. The van der Waals surface area contributed by atoms with Gasteiger partial charge in [-0.15, -0.1) is 0 Å². The second kappa shape index (κ2) is 7.25. The van der Waals surface area contributed by atoms with Crippen molar-refractivity contribution < 1.29 is 0 Å². The number of para-hydroxylation sites is 2. The van der Waals surface area contributed by atoms with Crippen LogP contribution in [0.2, 0.25) is 0 Å². The van der Waals surface area contributed by atoms with Crippen LogP contribution in [0.1, 0.15) is 38.7 Å². The van der Waals surface area contributed by atoms with Gasteiger partial charge >= 0.3 is 0 Å². The summed E-state index contributed by atoms with van der Waals surface area (Å²) in [6.07, 6.45) is 4.04. The summed E-state index contributed by atoms with van der Waals surface area (Å²) in [5.41, 5.74) is 3.69. The zero-order chi connectivity index (χ0) is 19.1. The molecule has 0 N–H and O–H groups in total. The number of imidazole rings is 1. The van der Waals surface area contributed by atoms with Crippen LogP contribution < -0.4 is 4.90 Å². The van der Waals surface area contributed by atoms with Crippen molar-refractivity contribution in [1.29, 1.82) is 0 Å². The van der Waals surface area contributed by atoms with Gasteiger partial charge < -0.3 is 4.90 Å². The van der Waals surface area contributed by atoms with E-state index < -0.39 is 0 Å². The van der Waals surface area contributed by atoms with Gasteiger partial charge in [-0.1, -0.05) is 69.2 Å². The normalized spacial score (nSPS) is 25.8. The lowest BCUT2D eigenvalue weighted by Gasteiger charge is -2.46. The Kier molecular flexibility index (Phi) is 4.59. The highest BCUT2D eigenvalue weighted by Gasteiger charge is 2.36. The molecule has 2 aliphatic rings. The highest BCUT2D eigenvalue weighted by Crippen LogP contribution is 2.36. The summed E-state index contributed by atoms with van der Waals surface area (Å²) in [6, 6.07) is 20.0. The van der Waals surface area contributed by atoms with Crippen LogP contribution in [0.25, 0.3) is 11.0 Å². The topological polar surface area (TPSA) is 24.3 Å². The van der Waals surface area contributed by atoms with Crippen molar-refractivity contribution in [1.82, 2.24) is 14.5 Å². The van der Waals surface area contributed by atoms with E-state index in [4.69, 9.17) is 4.98 Å². The van der Waals surface area contributed by atoms with Crippen molar-refractivity contribution in [3.8, 4) is 0 Å². The van der Waals surface area contributed by atoms with Crippen LogP contribution in [0.15, 0.2) is 54.6 Å². The van der Waals surface area contributed by atoms with Gasteiger partial charge in [0, 0.05) is 12.6 Å². The number of hydrogen-bond donors (Lipinski definition) is 0. The molecule has 0 bridgehead atoms. The standard InChI is InChI=1S/C24H30N4/c1-18-9-8-14-22(19(18)2)27-16-26(15-20-10-4-3-5-11-20)24-25-21-12-6-7-13-23(21)28(24)17-27/h3-7,10-13,18-19,22H,8-9,14-17H2,1-2H3. The number of aromatic nitrogens is 2. The molecular formula is C24H30N4. The fourth-order valence-corrected chi connectivity index (χ4v) is 5.16. The van der Waals surface area contributed by atoms with Crippen LogP contribution in [0, 0.1) is 11.8 Å². The van der Waals surface area contributed by atoms with E-state index in [2.05, 4.69) is 82.8 Å². The van der Waals surface area contributed by atoms with Gasteiger partial charge in [-0.05, 0) is 36.0 Å². The van der Waals surface area contributed by atoms with E-state index in [1.807, 2.05) is 0 Å². The molecule has 0 saturated heterocycles. The molecule has 2 aromatic carbocycles. The van der Waals surface area contributed by atoms with E-state index in [1.54, 1.807) is 0 Å². The Morgan fingerprint density at radius 3 is 2.57 bits per heavy atom. The van der Waals surface area contributed by atoms with Crippen molar-refractivity contribution in [3.63, 3.8) is 0 Å². The highest BCUT2D eigenvalue weighted by molar-refractivity contribution is 5.79. The number of fused-ring (bicyclic) bond motifs is 3. The van der Waals surface area contributed by atoms with E-state index in [0.717, 1.165) is 43.2 Å². The molecule has 2 heterocycles. The maximum atomic E-state index is 5.01. The Labute approximate surface area is 167 Å². The van der Waals surface area contributed by atoms with Gasteiger partial charge in [0.15, 0.2) is 0 Å². The first-order valence-electron chi connectivity index (χ1n) is 10.7. The maximum absolute atomic E-state index is 5.01. The second-order valence-corrected chi connectivity index (χ2v) is 8.72. The number of hydrogen-bond acceptors (Lipinski definition) is 3. The predicted molar refractivity (Wildman–Crippen MR) is 115 cm³/mol. The van der Waals surface area contributed by atoms with Crippen molar-refractivity contribution in [2.75, 3.05) is 11.6 Å². The Morgan fingerprint density at radius 2 is 1.71 bits per heavy atom. The Balaban J connectivity index is 1.53. The van der Waals surface area contributed by atoms with Crippen molar-refractivity contribution in [2.45, 2.75) is 52.4 Å². The molecule has 4 heteroatoms. The summed E-state index contributed by atoms with van der Waals surface area (Å²) in [6.45, 7) is 7.69. The SMILES string of the molecule is CC1CCCC(N2CN(Cc3ccccc3)c3nc4ccccc4n3C2)C1C. The summed E-state index contributed by atoms with van der Waals surface area (Å²) in [4.78, 5) is 10.2. The number of nitrogens with zero attached hydrogens (tertiary/aromatic N) is 4. The fourth-order valence-electron chi connectivity index (χ4n) is 5.16. The smallest absolute Gasteiger partial charge is 0.209 e. The molecule has 1 aromatic heterocycles. The van der Waals surface area contributed by atoms with Crippen LogP contribution in [0.3, 0.4) is 0 Å². The molecule has 1 aliphatic carbocycles. The van der Waals surface area contributed by atoms with Gasteiger partial charge in [-0.25, -0.2) is 4.98 Å². The van der Waals surface area contributed by atoms with Crippen molar-refractivity contribution >= 4 is 17.0 Å². The Bertz CT molecular complexity index is 948. The van der Waals surface area contributed by atoms with E-state index in [0.29, 0.717) is 6.04 Å². The van der Waals surface area contributed by atoms with E-state index in [1.165, 1.54) is 30.3 Å². The third kappa shape index (κ3) is 3.10. The van der Waals surface area contributed by atoms with Crippen molar-refractivity contribution in [2.24, 2.45) is 11.8 Å². The average molecular weight is 375 g/mol. The molecule has 0 amide bonds. The quantitative estimate of drug-likeness (QED) is 0.637. The Morgan fingerprint density at radius 1 is 0.929 bits per heavy atom. The third-order valence-electron chi connectivity index (χ3n) is 6.94. The largest absolute Gasteiger partial charge is 0.325 e. The first-order valence-corrected chi connectivity index (χ1v) is 10.7. The van der Waals surface area contributed by atoms with Gasteiger partial charge in [0.2, 0.25) is 5.95 Å². The lowest BCUT2D eigenvalue weighted by Crippen LogP contribution is -2.52. The number of benzene rings is 2. The molecule has 3 aromatic rings. The van der Waals surface area contributed by atoms with Crippen LogP contribution in [0.5, 0.6) is 0 Å². The predicted octanol–water partition coefficient (Wildman–Crippen LogP) is 5.10. The monoisotopic (exact) mass is 374 g/mol. The minimum atomic E-state index is 0.649. The zero-order valence-electron chi connectivity index (χ0n) is 17.0. The fraction of sp³-hybridized carbons (Fsp3) is 0.458. The number of rotatable bonds is 3.